The molecule has 1 aliphatic heterocycles. The van der Waals surface area contributed by atoms with Crippen LogP contribution in [0.15, 0.2) is 60.7 Å². The van der Waals surface area contributed by atoms with E-state index >= 15 is 0 Å². The zero-order valence-corrected chi connectivity index (χ0v) is 24.0. The maximum Gasteiger partial charge on any atom is 0.245 e. The molecule has 1 saturated heterocycles. The SMILES string of the molecule is CN[C@@H](C)C(=O)N[C@H](C(=O)N1CCC[C@H]1CN(CCc1ccccc1)CCc1ccccc1)C1CCCCC1. The molecule has 2 aromatic rings. The first-order valence-electron chi connectivity index (χ1n) is 15.1. The average Bonchev–Trinajstić information content (AvgIpc) is 3.46. The molecule has 2 amide bonds. The Bertz CT molecular complexity index is 965. The van der Waals surface area contributed by atoms with Crippen molar-refractivity contribution in [3.63, 3.8) is 0 Å². The van der Waals surface area contributed by atoms with Crippen molar-refractivity contribution in [1.29, 1.82) is 0 Å². The summed E-state index contributed by atoms with van der Waals surface area (Å²) in [6.45, 7) is 5.46. The summed E-state index contributed by atoms with van der Waals surface area (Å²) in [7, 11) is 1.79. The van der Waals surface area contributed by atoms with Crippen molar-refractivity contribution in [2.45, 2.75) is 82.8 Å². The zero-order chi connectivity index (χ0) is 27.5. The fourth-order valence-corrected chi connectivity index (χ4v) is 6.21. The Morgan fingerprint density at radius 3 is 2.03 bits per heavy atom. The summed E-state index contributed by atoms with van der Waals surface area (Å²) in [5, 5.41) is 6.20. The minimum absolute atomic E-state index is 0.0791. The first-order valence-corrected chi connectivity index (χ1v) is 15.1. The van der Waals surface area contributed by atoms with Gasteiger partial charge in [-0.1, -0.05) is 79.9 Å². The third kappa shape index (κ3) is 8.64. The van der Waals surface area contributed by atoms with Crippen molar-refractivity contribution in [2.75, 3.05) is 33.2 Å². The molecule has 2 aliphatic rings. The van der Waals surface area contributed by atoms with E-state index in [4.69, 9.17) is 0 Å². The third-order valence-corrected chi connectivity index (χ3v) is 8.76. The molecule has 0 unspecified atom stereocenters. The number of carbonyl (C=O) groups excluding carboxylic acids is 2. The molecule has 1 aliphatic carbocycles. The van der Waals surface area contributed by atoms with Gasteiger partial charge in [-0.25, -0.2) is 0 Å². The second-order valence-corrected chi connectivity index (χ2v) is 11.5. The first-order chi connectivity index (χ1) is 19.0. The van der Waals surface area contributed by atoms with E-state index in [1.54, 1.807) is 7.05 Å². The van der Waals surface area contributed by atoms with E-state index < -0.39 is 6.04 Å². The van der Waals surface area contributed by atoms with Crippen molar-refractivity contribution in [1.82, 2.24) is 20.4 Å². The summed E-state index contributed by atoms with van der Waals surface area (Å²) >= 11 is 0. The lowest BCUT2D eigenvalue weighted by Gasteiger charge is -2.37. The maximum atomic E-state index is 14.1. The fourth-order valence-electron chi connectivity index (χ4n) is 6.21. The van der Waals surface area contributed by atoms with E-state index in [0.29, 0.717) is 0 Å². The Morgan fingerprint density at radius 1 is 0.872 bits per heavy atom. The van der Waals surface area contributed by atoms with Crippen molar-refractivity contribution in [3.05, 3.63) is 71.8 Å². The second-order valence-electron chi connectivity index (χ2n) is 11.5. The number of hydrogen-bond donors (Lipinski definition) is 2. The van der Waals surface area contributed by atoms with Crippen LogP contribution in [0.25, 0.3) is 0 Å². The fraction of sp³-hybridized carbons (Fsp3) is 0.576. The molecule has 0 aromatic heterocycles. The number of rotatable bonds is 13. The molecular weight excluding hydrogens is 484 g/mol. The van der Waals surface area contributed by atoms with Crippen LogP contribution in [-0.2, 0) is 22.4 Å². The molecule has 39 heavy (non-hydrogen) atoms. The van der Waals surface area contributed by atoms with Gasteiger partial charge in [-0.15, -0.1) is 0 Å². The lowest BCUT2D eigenvalue weighted by Crippen LogP contribution is -2.57. The molecule has 0 radical (unpaired) electrons. The molecule has 6 nitrogen and oxygen atoms in total. The van der Waals surface area contributed by atoms with Gasteiger partial charge in [0.1, 0.15) is 6.04 Å². The number of hydrogen-bond acceptors (Lipinski definition) is 4. The van der Waals surface area contributed by atoms with E-state index in [2.05, 4.69) is 81.1 Å². The van der Waals surface area contributed by atoms with Crippen molar-refractivity contribution >= 4 is 11.8 Å². The van der Waals surface area contributed by atoms with Gasteiger partial charge < -0.3 is 20.4 Å². The highest BCUT2D eigenvalue weighted by atomic mass is 16.2. The van der Waals surface area contributed by atoms with Crippen molar-refractivity contribution < 1.29 is 9.59 Å². The molecule has 2 aromatic carbocycles. The van der Waals surface area contributed by atoms with Gasteiger partial charge in [-0.2, -0.15) is 0 Å². The van der Waals surface area contributed by atoms with Crippen LogP contribution in [0, 0.1) is 5.92 Å². The molecule has 4 rings (SSSR count). The Kier molecular flexibility index (Phi) is 11.4. The predicted molar refractivity (Wildman–Crippen MR) is 158 cm³/mol. The van der Waals surface area contributed by atoms with Crippen molar-refractivity contribution in [3.8, 4) is 0 Å². The number of likely N-dealkylation sites (N-methyl/N-ethyl adjacent to an activating group) is 1. The Hall–Kier alpha value is -2.70. The van der Waals surface area contributed by atoms with E-state index in [0.717, 1.165) is 77.5 Å². The number of likely N-dealkylation sites (tertiary alicyclic amines) is 1. The van der Waals surface area contributed by atoms with E-state index in [1.165, 1.54) is 17.5 Å². The lowest BCUT2D eigenvalue weighted by molar-refractivity contribution is -0.139. The number of benzene rings is 2. The summed E-state index contributed by atoms with van der Waals surface area (Å²) in [5.41, 5.74) is 2.69. The summed E-state index contributed by atoms with van der Waals surface area (Å²) < 4.78 is 0. The monoisotopic (exact) mass is 532 g/mol. The van der Waals surface area contributed by atoms with Gasteiger partial charge in [-0.05, 0) is 69.5 Å². The van der Waals surface area contributed by atoms with Crippen LogP contribution in [0.1, 0.15) is 63.0 Å². The van der Waals surface area contributed by atoms with E-state index in [9.17, 15) is 9.59 Å². The highest BCUT2D eigenvalue weighted by molar-refractivity contribution is 5.90. The Morgan fingerprint density at radius 2 is 1.46 bits per heavy atom. The normalized spacial score (nSPS) is 19.7. The number of amides is 2. The topological polar surface area (TPSA) is 64.7 Å². The smallest absolute Gasteiger partial charge is 0.245 e. The maximum absolute atomic E-state index is 14.1. The van der Waals surface area contributed by atoms with Gasteiger partial charge in [-0.3, -0.25) is 9.59 Å². The Labute approximate surface area is 235 Å². The van der Waals surface area contributed by atoms with Gasteiger partial charge in [0.15, 0.2) is 0 Å². The molecule has 212 valence electrons. The minimum atomic E-state index is -0.420. The van der Waals surface area contributed by atoms with Gasteiger partial charge in [0.25, 0.3) is 0 Å². The summed E-state index contributed by atoms with van der Waals surface area (Å²) in [6, 6.07) is 20.8. The van der Waals surface area contributed by atoms with E-state index in [-0.39, 0.29) is 29.8 Å². The zero-order valence-electron chi connectivity index (χ0n) is 24.0. The van der Waals surface area contributed by atoms with Crippen LogP contribution in [0.3, 0.4) is 0 Å². The molecule has 0 bridgehead atoms. The lowest BCUT2D eigenvalue weighted by atomic mass is 9.83. The van der Waals surface area contributed by atoms with Crippen LogP contribution >= 0.6 is 0 Å². The van der Waals surface area contributed by atoms with Gasteiger partial charge in [0.05, 0.1) is 6.04 Å². The molecule has 2 N–H and O–H groups in total. The van der Waals surface area contributed by atoms with Gasteiger partial charge in [0, 0.05) is 32.2 Å². The highest BCUT2D eigenvalue weighted by Crippen LogP contribution is 2.29. The molecule has 0 spiro atoms. The second kappa shape index (κ2) is 15.2. The van der Waals surface area contributed by atoms with E-state index in [1.807, 2.05) is 6.92 Å². The van der Waals surface area contributed by atoms with Crippen LogP contribution in [0.4, 0.5) is 0 Å². The number of carbonyl (C=O) groups is 2. The Balaban J connectivity index is 1.45. The quantitative estimate of drug-likeness (QED) is 0.400. The minimum Gasteiger partial charge on any atom is -0.343 e. The van der Waals surface area contributed by atoms with Crippen LogP contribution in [0.5, 0.6) is 0 Å². The standard InChI is InChI=1S/C33H48N4O2/c1-26(34-2)32(38)35-31(29-17-10-5-11-18-29)33(39)37-22-12-19-30(37)25-36(23-20-27-13-6-3-7-14-27)24-21-28-15-8-4-9-16-28/h3-4,6-9,13-16,26,29-31,34H,5,10-12,17-25H2,1-2H3,(H,35,38)/t26-,30-,31-/m0/s1. The molecule has 3 atom stereocenters. The third-order valence-electron chi connectivity index (χ3n) is 8.76. The van der Waals surface area contributed by atoms with Gasteiger partial charge in [0.2, 0.25) is 11.8 Å². The largest absolute Gasteiger partial charge is 0.343 e. The molecule has 2 fully saturated rings. The number of nitrogens with zero attached hydrogens (tertiary/aromatic N) is 2. The average molecular weight is 533 g/mol. The molecule has 6 heteroatoms. The highest BCUT2D eigenvalue weighted by Gasteiger charge is 2.39. The van der Waals surface area contributed by atoms with Crippen LogP contribution in [-0.4, -0.2) is 73.0 Å². The molecular formula is C33H48N4O2. The summed E-state index contributed by atoms with van der Waals surface area (Å²) in [6.07, 6.45) is 9.59. The van der Waals surface area contributed by atoms with Crippen LogP contribution < -0.4 is 10.6 Å². The number of nitrogens with one attached hydrogen (secondary N) is 2. The first kappa shape index (κ1) is 29.3. The predicted octanol–water partition coefficient (Wildman–Crippen LogP) is 4.44. The summed E-state index contributed by atoms with van der Waals surface area (Å²) in [5.74, 6) is 0.282. The molecule has 1 saturated carbocycles. The van der Waals surface area contributed by atoms with Crippen LogP contribution in [0.2, 0.25) is 0 Å². The van der Waals surface area contributed by atoms with Crippen molar-refractivity contribution in [2.24, 2.45) is 5.92 Å². The molecule has 1 heterocycles. The van der Waals surface area contributed by atoms with Gasteiger partial charge >= 0.3 is 0 Å². The summed E-state index contributed by atoms with van der Waals surface area (Å²) in [4.78, 5) is 31.7.